The lowest BCUT2D eigenvalue weighted by molar-refractivity contribution is 0.0552. The molecule has 4 rings (SSSR count). The van der Waals surface area contributed by atoms with Gasteiger partial charge in [-0.05, 0) is 54.6 Å². The van der Waals surface area contributed by atoms with E-state index in [-0.39, 0.29) is 9.71 Å². The number of primary amides is 1. The quantitative estimate of drug-likeness (QED) is 0.435. The lowest BCUT2D eigenvalue weighted by Gasteiger charge is -2.28. The molecule has 11 heteroatoms. The molecule has 1 aliphatic heterocycles. The monoisotopic (exact) mass is 469 g/mol. The van der Waals surface area contributed by atoms with E-state index in [9.17, 15) is 18.0 Å². The van der Waals surface area contributed by atoms with Crippen molar-refractivity contribution < 1.29 is 18.0 Å². The first-order chi connectivity index (χ1) is 14.8. The van der Waals surface area contributed by atoms with Crippen molar-refractivity contribution in [3.05, 3.63) is 64.5 Å². The van der Waals surface area contributed by atoms with Crippen LogP contribution in [0.4, 0.5) is 18.0 Å². The van der Waals surface area contributed by atoms with Gasteiger partial charge >= 0.3 is 12.6 Å². The molecule has 6 nitrogen and oxygen atoms in total. The van der Waals surface area contributed by atoms with Crippen molar-refractivity contribution >= 4 is 32.1 Å². The van der Waals surface area contributed by atoms with Gasteiger partial charge in [-0.15, -0.1) is 0 Å². The summed E-state index contributed by atoms with van der Waals surface area (Å²) in [5.74, 6) is -0.835. The SMILES string of the molecule is CC1=C(c2ccccc2)C(NC(N)=O)=C2CCCC2P1.NSc1nn(C(F)F)cc1F. The van der Waals surface area contributed by atoms with E-state index in [2.05, 4.69) is 29.5 Å². The molecule has 0 saturated heterocycles. The predicted molar refractivity (Wildman–Crippen MR) is 118 cm³/mol. The van der Waals surface area contributed by atoms with Crippen molar-refractivity contribution in [2.75, 3.05) is 0 Å². The van der Waals surface area contributed by atoms with Gasteiger partial charge in [0.2, 0.25) is 0 Å². The normalized spacial score (nSPS) is 18.8. The molecule has 2 atom stereocenters. The Balaban J connectivity index is 0.000000210. The molecule has 1 saturated carbocycles. The maximum Gasteiger partial charge on any atom is 0.333 e. The minimum atomic E-state index is -2.83. The molecule has 2 amide bonds. The first-order valence-electron chi connectivity index (χ1n) is 9.54. The second-order valence-electron chi connectivity index (χ2n) is 7.00. The number of allylic oxidation sites excluding steroid dienone is 3. The van der Waals surface area contributed by atoms with Crippen LogP contribution in [0.1, 0.15) is 38.3 Å². The first-order valence-corrected chi connectivity index (χ1v) is 11.5. The highest BCUT2D eigenvalue weighted by Crippen LogP contribution is 2.52. The average Bonchev–Trinajstić information content (AvgIpc) is 3.35. The van der Waals surface area contributed by atoms with Crippen molar-refractivity contribution in [1.82, 2.24) is 15.1 Å². The Bertz CT molecular complexity index is 1010. The van der Waals surface area contributed by atoms with Gasteiger partial charge in [-0.1, -0.05) is 38.9 Å². The molecule has 2 heterocycles. The van der Waals surface area contributed by atoms with Crippen molar-refractivity contribution in [3.8, 4) is 0 Å². The van der Waals surface area contributed by atoms with E-state index in [0.29, 0.717) is 23.8 Å². The van der Waals surface area contributed by atoms with E-state index in [1.54, 1.807) is 0 Å². The number of rotatable bonds is 4. The lowest BCUT2D eigenvalue weighted by atomic mass is 9.97. The third-order valence-electron chi connectivity index (χ3n) is 4.97. The lowest BCUT2D eigenvalue weighted by Crippen LogP contribution is -2.32. The molecule has 0 bridgehead atoms. The molecule has 2 unspecified atom stereocenters. The van der Waals surface area contributed by atoms with Gasteiger partial charge in [0.05, 0.1) is 11.9 Å². The number of hydrogen-bond acceptors (Lipinski definition) is 4. The predicted octanol–water partition coefficient (Wildman–Crippen LogP) is 4.97. The maximum atomic E-state index is 12.5. The Labute approximate surface area is 184 Å². The van der Waals surface area contributed by atoms with Crippen LogP contribution in [0, 0.1) is 5.82 Å². The Kier molecular flexibility index (Phi) is 7.80. The molecule has 5 N–H and O–H groups in total. The Hall–Kier alpha value is -2.29. The molecule has 166 valence electrons. The van der Waals surface area contributed by atoms with Gasteiger partial charge in [0, 0.05) is 11.2 Å². The van der Waals surface area contributed by atoms with Gasteiger partial charge in [0.25, 0.3) is 0 Å². The van der Waals surface area contributed by atoms with Crippen molar-refractivity contribution in [2.24, 2.45) is 10.9 Å². The third kappa shape index (κ3) is 5.50. The molecule has 1 aromatic heterocycles. The number of hydrogen-bond donors (Lipinski definition) is 3. The summed E-state index contributed by atoms with van der Waals surface area (Å²) in [6.45, 7) is -0.649. The fourth-order valence-corrected chi connectivity index (χ4v) is 5.80. The molecule has 2 aliphatic rings. The zero-order valence-corrected chi connectivity index (χ0v) is 18.6. The van der Waals surface area contributed by atoms with Crippen molar-refractivity contribution in [1.29, 1.82) is 0 Å². The minimum absolute atomic E-state index is 0.213. The van der Waals surface area contributed by atoms with Gasteiger partial charge in [-0.3, -0.25) is 5.14 Å². The van der Waals surface area contributed by atoms with Crippen LogP contribution in [0.5, 0.6) is 0 Å². The summed E-state index contributed by atoms with van der Waals surface area (Å²) in [4.78, 5) is 11.4. The summed E-state index contributed by atoms with van der Waals surface area (Å²) < 4.78 is 36.2. The van der Waals surface area contributed by atoms with Gasteiger partial charge in [0.1, 0.15) is 0 Å². The van der Waals surface area contributed by atoms with Gasteiger partial charge in [0.15, 0.2) is 10.8 Å². The minimum Gasteiger partial charge on any atom is -0.351 e. The molecule has 31 heavy (non-hydrogen) atoms. The van der Waals surface area contributed by atoms with Crippen LogP contribution in [-0.2, 0) is 0 Å². The number of nitrogens with two attached hydrogens (primary N) is 2. The summed E-state index contributed by atoms with van der Waals surface area (Å²) in [6, 6.07) is 9.81. The highest BCUT2D eigenvalue weighted by atomic mass is 32.2. The van der Waals surface area contributed by atoms with E-state index < -0.39 is 18.4 Å². The molecular formula is C20H23F3N5OPS. The fourth-order valence-electron chi connectivity index (χ4n) is 3.75. The van der Waals surface area contributed by atoms with E-state index >= 15 is 0 Å². The van der Waals surface area contributed by atoms with Crippen LogP contribution in [0.2, 0.25) is 0 Å². The summed E-state index contributed by atoms with van der Waals surface area (Å²) in [6.07, 6.45) is 4.13. The molecule has 0 radical (unpaired) electrons. The third-order valence-corrected chi connectivity index (χ3v) is 7.14. The van der Waals surface area contributed by atoms with Crippen LogP contribution in [0.25, 0.3) is 5.57 Å². The van der Waals surface area contributed by atoms with Crippen LogP contribution in [0.15, 0.2) is 58.1 Å². The van der Waals surface area contributed by atoms with E-state index in [1.165, 1.54) is 34.9 Å². The molecule has 1 fully saturated rings. The number of halogens is 3. The highest BCUT2D eigenvalue weighted by molar-refractivity contribution is 7.97. The van der Waals surface area contributed by atoms with E-state index in [1.807, 2.05) is 18.2 Å². The topological polar surface area (TPSA) is 99.0 Å². The molecule has 1 aliphatic carbocycles. The van der Waals surface area contributed by atoms with Gasteiger partial charge < -0.3 is 11.1 Å². The van der Waals surface area contributed by atoms with Crippen LogP contribution < -0.4 is 16.2 Å². The zero-order valence-electron chi connectivity index (χ0n) is 16.7. The summed E-state index contributed by atoms with van der Waals surface area (Å²) in [7, 11) is 0.827. The maximum absolute atomic E-state index is 12.5. The number of carbonyl (C=O) groups excluding carboxylic acids is 1. The van der Waals surface area contributed by atoms with Crippen molar-refractivity contribution in [3.63, 3.8) is 0 Å². The molecule has 1 aromatic carbocycles. The molecular weight excluding hydrogens is 446 g/mol. The van der Waals surface area contributed by atoms with Gasteiger partial charge in [-0.25, -0.2) is 13.9 Å². The standard InChI is InChI=1S/C16H19N2OP.C4H4F3N3S/c1-10-14(11-6-3-2-4-7-11)15(18-16(17)19)12-8-5-9-13(12)20-10;5-2-1-10(4(6)7)9-3(2)11-8/h2-4,6-7,13,20H,5,8-9H2,1H3,(H3,17,18,19);1,4H,8H2. The number of nitrogens with zero attached hydrogens (tertiary/aromatic N) is 2. The summed E-state index contributed by atoms with van der Waals surface area (Å²) in [5.41, 5.74) is 10.7. The van der Waals surface area contributed by atoms with Crippen LogP contribution in [-0.4, -0.2) is 21.5 Å². The smallest absolute Gasteiger partial charge is 0.333 e. The zero-order chi connectivity index (χ0) is 22.5. The molecule has 0 spiro atoms. The first kappa shape index (κ1) is 23.4. The Morgan fingerprint density at radius 2 is 2.06 bits per heavy atom. The number of fused-ring (bicyclic) bond motifs is 1. The summed E-state index contributed by atoms with van der Waals surface area (Å²) >= 11 is 0.493. The number of carbonyl (C=O) groups is 1. The highest BCUT2D eigenvalue weighted by Gasteiger charge is 2.31. The van der Waals surface area contributed by atoms with Crippen LogP contribution in [0.3, 0.4) is 0 Å². The number of alkyl halides is 2. The largest absolute Gasteiger partial charge is 0.351 e. The number of aromatic nitrogens is 2. The fraction of sp³-hybridized carbons (Fsp3) is 0.300. The summed E-state index contributed by atoms with van der Waals surface area (Å²) in [5, 5.41) is 12.1. The number of amides is 2. The van der Waals surface area contributed by atoms with E-state index in [0.717, 1.165) is 20.7 Å². The van der Waals surface area contributed by atoms with E-state index in [4.69, 9.17) is 10.9 Å². The Morgan fingerprint density at radius 1 is 1.35 bits per heavy atom. The molecule has 2 aromatic rings. The number of benzene rings is 1. The average molecular weight is 469 g/mol. The second kappa shape index (κ2) is 10.3. The number of nitrogens with one attached hydrogen (secondary N) is 1. The van der Waals surface area contributed by atoms with Crippen molar-refractivity contribution in [2.45, 2.75) is 43.4 Å². The second-order valence-corrected chi connectivity index (χ2v) is 9.36. The van der Waals surface area contributed by atoms with Gasteiger partial charge in [-0.2, -0.15) is 13.9 Å². The van der Waals surface area contributed by atoms with Crippen LogP contribution >= 0.6 is 20.5 Å². The number of urea groups is 1. The Morgan fingerprint density at radius 3 is 2.61 bits per heavy atom.